The second-order valence-corrected chi connectivity index (χ2v) is 5.55. The summed E-state index contributed by atoms with van der Waals surface area (Å²) in [5.41, 5.74) is 0. The van der Waals surface area contributed by atoms with E-state index in [2.05, 4.69) is 6.92 Å². The van der Waals surface area contributed by atoms with Gasteiger partial charge in [-0.2, -0.15) is 0 Å². The molecule has 0 radical (unpaired) electrons. The van der Waals surface area contributed by atoms with Crippen molar-refractivity contribution >= 4 is 11.9 Å². The third-order valence-corrected chi connectivity index (χ3v) is 3.58. The Morgan fingerprint density at radius 3 is 1.67 bits per heavy atom. The van der Waals surface area contributed by atoms with Crippen LogP contribution in [-0.4, -0.2) is 22.2 Å². The molecule has 2 N–H and O–H groups in total. The Bertz CT molecular complexity index is 296. The lowest BCUT2D eigenvalue weighted by atomic mass is 10.0. The lowest BCUT2D eigenvalue weighted by Gasteiger charge is -2.02. The maximum atomic E-state index is 10.6. The van der Waals surface area contributed by atoms with E-state index in [1.165, 1.54) is 57.4 Å². The predicted molar refractivity (Wildman–Crippen MR) is 84.4 cm³/mol. The Kier molecular flexibility index (Phi) is 12.8. The van der Waals surface area contributed by atoms with E-state index >= 15 is 0 Å². The Hall–Kier alpha value is -1.32. The molecule has 0 aromatic heterocycles. The fourth-order valence-corrected chi connectivity index (χ4v) is 2.25. The standard InChI is InChI=1S/C17H30O4/c1-2-3-4-5-6-7-8-9-10-11-12-13-14-15(16(18)19)17(20)21/h13-15H,2-12H2,1H3,(H,18,19)(H,20,21)/b14-13-. The normalized spacial score (nSPS) is 11.3. The number of hydrogen-bond donors (Lipinski definition) is 2. The van der Waals surface area contributed by atoms with E-state index in [0.29, 0.717) is 0 Å². The first kappa shape index (κ1) is 19.7. The molecule has 0 rings (SSSR count). The van der Waals surface area contributed by atoms with Gasteiger partial charge < -0.3 is 10.2 Å². The van der Waals surface area contributed by atoms with Gasteiger partial charge in [0.25, 0.3) is 0 Å². The van der Waals surface area contributed by atoms with E-state index in [0.717, 1.165) is 19.3 Å². The highest BCUT2D eigenvalue weighted by Crippen LogP contribution is 2.11. The van der Waals surface area contributed by atoms with Crippen molar-refractivity contribution in [1.29, 1.82) is 0 Å². The zero-order chi connectivity index (χ0) is 15.9. The molecule has 0 atom stereocenters. The highest BCUT2D eigenvalue weighted by atomic mass is 16.4. The average Bonchev–Trinajstić information content (AvgIpc) is 2.43. The summed E-state index contributed by atoms with van der Waals surface area (Å²) in [6.07, 6.45) is 16.3. The van der Waals surface area contributed by atoms with Crippen molar-refractivity contribution in [2.45, 2.75) is 77.6 Å². The van der Waals surface area contributed by atoms with Crippen LogP contribution in [0.4, 0.5) is 0 Å². The van der Waals surface area contributed by atoms with Crippen molar-refractivity contribution in [2.24, 2.45) is 5.92 Å². The number of allylic oxidation sites excluding steroid dienone is 1. The third kappa shape index (κ3) is 12.2. The first-order valence-corrected chi connectivity index (χ1v) is 8.21. The topological polar surface area (TPSA) is 74.6 Å². The summed E-state index contributed by atoms with van der Waals surface area (Å²) in [4.78, 5) is 21.3. The molecule has 0 spiro atoms. The van der Waals surface area contributed by atoms with Crippen LogP contribution in [0.25, 0.3) is 0 Å². The van der Waals surface area contributed by atoms with Crippen molar-refractivity contribution < 1.29 is 19.8 Å². The van der Waals surface area contributed by atoms with Gasteiger partial charge in [-0.1, -0.05) is 76.9 Å². The minimum Gasteiger partial charge on any atom is -0.480 e. The predicted octanol–water partition coefficient (Wildman–Crippen LogP) is 4.64. The highest BCUT2D eigenvalue weighted by Gasteiger charge is 2.21. The zero-order valence-corrected chi connectivity index (χ0v) is 13.2. The number of carboxylic acid groups (broad SMARTS) is 2. The Morgan fingerprint density at radius 2 is 1.24 bits per heavy atom. The van der Waals surface area contributed by atoms with Crippen LogP contribution in [0.2, 0.25) is 0 Å². The molecule has 0 bridgehead atoms. The smallest absolute Gasteiger partial charge is 0.321 e. The largest absolute Gasteiger partial charge is 0.480 e. The molecule has 0 aromatic rings. The number of hydrogen-bond acceptors (Lipinski definition) is 2. The summed E-state index contributed by atoms with van der Waals surface area (Å²) >= 11 is 0. The van der Waals surface area contributed by atoms with Crippen LogP contribution < -0.4 is 0 Å². The van der Waals surface area contributed by atoms with Gasteiger partial charge in [0.2, 0.25) is 0 Å². The fourth-order valence-electron chi connectivity index (χ4n) is 2.25. The van der Waals surface area contributed by atoms with Crippen LogP contribution in [-0.2, 0) is 9.59 Å². The molecule has 0 unspecified atom stereocenters. The average molecular weight is 298 g/mol. The van der Waals surface area contributed by atoms with E-state index in [9.17, 15) is 9.59 Å². The van der Waals surface area contributed by atoms with Crippen molar-refractivity contribution in [1.82, 2.24) is 0 Å². The third-order valence-electron chi connectivity index (χ3n) is 3.58. The maximum absolute atomic E-state index is 10.6. The number of carboxylic acids is 2. The van der Waals surface area contributed by atoms with E-state index in [1.807, 2.05) is 0 Å². The number of unbranched alkanes of at least 4 members (excludes halogenated alkanes) is 10. The molecular formula is C17H30O4. The van der Waals surface area contributed by atoms with E-state index in [4.69, 9.17) is 10.2 Å². The molecule has 4 nitrogen and oxygen atoms in total. The molecular weight excluding hydrogens is 268 g/mol. The first-order valence-electron chi connectivity index (χ1n) is 8.21. The maximum Gasteiger partial charge on any atom is 0.321 e. The zero-order valence-electron chi connectivity index (χ0n) is 13.2. The molecule has 0 saturated carbocycles. The van der Waals surface area contributed by atoms with Gasteiger partial charge in [0.05, 0.1) is 0 Å². The summed E-state index contributed by atoms with van der Waals surface area (Å²) in [5.74, 6) is -4.02. The second-order valence-electron chi connectivity index (χ2n) is 5.55. The molecule has 0 fully saturated rings. The van der Waals surface area contributed by atoms with Crippen LogP contribution in [0, 0.1) is 5.92 Å². The van der Waals surface area contributed by atoms with Crippen LogP contribution in [0.15, 0.2) is 12.2 Å². The summed E-state index contributed by atoms with van der Waals surface area (Å²) in [7, 11) is 0. The van der Waals surface area contributed by atoms with Crippen LogP contribution in [0.1, 0.15) is 77.6 Å². The Balaban J connectivity index is 3.43. The van der Waals surface area contributed by atoms with Crippen molar-refractivity contribution in [3.05, 3.63) is 12.2 Å². The molecule has 21 heavy (non-hydrogen) atoms. The van der Waals surface area contributed by atoms with Crippen LogP contribution in [0.3, 0.4) is 0 Å². The summed E-state index contributed by atoms with van der Waals surface area (Å²) in [6.45, 7) is 2.23. The van der Waals surface area contributed by atoms with E-state index in [-0.39, 0.29) is 0 Å². The Morgan fingerprint density at radius 1 is 0.810 bits per heavy atom. The van der Waals surface area contributed by atoms with Gasteiger partial charge in [-0.05, 0) is 12.8 Å². The van der Waals surface area contributed by atoms with Gasteiger partial charge in [-0.15, -0.1) is 0 Å². The van der Waals surface area contributed by atoms with Crippen molar-refractivity contribution in [2.75, 3.05) is 0 Å². The SMILES string of the molecule is CCCCCCCCCCCC/C=C\C(C(=O)O)C(=O)O. The van der Waals surface area contributed by atoms with Gasteiger partial charge in [0.15, 0.2) is 5.92 Å². The van der Waals surface area contributed by atoms with E-state index in [1.54, 1.807) is 6.08 Å². The van der Waals surface area contributed by atoms with Gasteiger partial charge in [0.1, 0.15) is 0 Å². The van der Waals surface area contributed by atoms with Gasteiger partial charge in [-0.25, -0.2) is 0 Å². The van der Waals surface area contributed by atoms with Gasteiger partial charge >= 0.3 is 11.9 Å². The summed E-state index contributed by atoms with van der Waals surface area (Å²) < 4.78 is 0. The van der Waals surface area contributed by atoms with Crippen LogP contribution in [0.5, 0.6) is 0 Å². The van der Waals surface area contributed by atoms with Crippen LogP contribution >= 0.6 is 0 Å². The number of aliphatic carboxylic acids is 2. The summed E-state index contributed by atoms with van der Waals surface area (Å²) in [5, 5.41) is 17.4. The highest BCUT2D eigenvalue weighted by molar-refractivity contribution is 5.94. The molecule has 122 valence electrons. The van der Waals surface area contributed by atoms with E-state index < -0.39 is 17.9 Å². The fraction of sp³-hybridized carbons (Fsp3) is 0.765. The lowest BCUT2D eigenvalue weighted by molar-refractivity contribution is -0.151. The molecule has 4 heteroatoms. The Labute approximate surface area is 128 Å². The molecule has 0 amide bonds. The molecule has 0 aliphatic carbocycles. The first-order chi connectivity index (χ1) is 10.1. The minimum absolute atomic E-state index is 0.758. The summed E-state index contributed by atoms with van der Waals surface area (Å²) in [6, 6.07) is 0. The van der Waals surface area contributed by atoms with Gasteiger partial charge in [0, 0.05) is 0 Å². The molecule has 0 aliphatic heterocycles. The second kappa shape index (κ2) is 13.7. The van der Waals surface area contributed by atoms with Crippen molar-refractivity contribution in [3.63, 3.8) is 0 Å². The molecule has 0 aliphatic rings. The van der Waals surface area contributed by atoms with Crippen molar-refractivity contribution in [3.8, 4) is 0 Å². The van der Waals surface area contributed by atoms with Gasteiger partial charge in [-0.3, -0.25) is 9.59 Å². The molecule has 0 saturated heterocycles. The lowest BCUT2D eigenvalue weighted by Crippen LogP contribution is -2.20. The molecule has 0 heterocycles. The monoisotopic (exact) mass is 298 g/mol. The number of rotatable bonds is 14. The quantitative estimate of drug-likeness (QED) is 0.278. The molecule has 0 aromatic carbocycles. The number of carbonyl (C=O) groups is 2. The minimum atomic E-state index is -1.41.